The topological polar surface area (TPSA) is 49.6 Å². The van der Waals surface area contributed by atoms with Crippen LogP contribution in [0.25, 0.3) is 0 Å². The monoisotopic (exact) mass is 415 g/mol. The number of oxazole rings is 1. The van der Waals surface area contributed by atoms with Crippen LogP contribution in [-0.2, 0) is 11.2 Å². The van der Waals surface area contributed by atoms with Gasteiger partial charge in [0.15, 0.2) is 5.89 Å². The first-order valence-electron chi connectivity index (χ1n) is 10.9. The highest BCUT2D eigenvalue weighted by atomic mass is 35.5. The minimum absolute atomic E-state index is 0.185. The molecule has 2 saturated heterocycles. The maximum Gasteiger partial charge on any atom is 0.236 e. The van der Waals surface area contributed by atoms with Gasteiger partial charge in [-0.2, -0.15) is 0 Å². The van der Waals surface area contributed by atoms with E-state index in [4.69, 9.17) is 16.0 Å². The van der Waals surface area contributed by atoms with Gasteiger partial charge in [-0.25, -0.2) is 4.98 Å². The highest BCUT2D eigenvalue weighted by Crippen LogP contribution is 2.27. The van der Waals surface area contributed by atoms with E-state index in [0.717, 1.165) is 54.7 Å². The molecular weight excluding hydrogens is 386 g/mol. The number of benzene rings is 1. The Morgan fingerprint density at radius 1 is 1.14 bits per heavy atom. The average Bonchev–Trinajstić information content (AvgIpc) is 3.03. The largest absolute Gasteiger partial charge is 0.445 e. The lowest BCUT2D eigenvalue weighted by atomic mass is 9.98. The molecule has 0 aliphatic carbocycles. The number of hydrogen-bond donors (Lipinski definition) is 0. The molecule has 0 unspecified atom stereocenters. The summed E-state index contributed by atoms with van der Waals surface area (Å²) in [6.45, 7) is 4.21. The molecule has 5 nitrogen and oxygen atoms in total. The van der Waals surface area contributed by atoms with E-state index in [0.29, 0.717) is 19.5 Å². The summed E-state index contributed by atoms with van der Waals surface area (Å²) < 4.78 is 6.06. The molecular formula is C23H30ClN3O2. The second-order valence-electron chi connectivity index (χ2n) is 8.34. The molecule has 1 aromatic carbocycles. The molecule has 4 rings (SSSR count). The van der Waals surface area contributed by atoms with Crippen LogP contribution in [-0.4, -0.2) is 53.4 Å². The fourth-order valence-electron chi connectivity index (χ4n) is 4.43. The van der Waals surface area contributed by atoms with Gasteiger partial charge in [0.25, 0.3) is 0 Å². The summed E-state index contributed by atoms with van der Waals surface area (Å²) in [5, 5.41) is 0.730. The third-order valence-electron chi connectivity index (χ3n) is 6.02. The standard InChI is InChI=1S/C23H30ClN3O2/c24-20-9-5-7-18(13-20)14-21-15-25-23(29-21)19-8-6-12-27(16-19)22(28)17-26-10-3-1-2-4-11-26/h5,7,9,13,15,19H,1-4,6,8,10-12,14,16-17H2/t19-/m1/s1. The first-order valence-corrected chi connectivity index (χ1v) is 11.2. The van der Waals surface area contributed by atoms with E-state index in [9.17, 15) is 4.79 Å². The number of aromatic nitrogens is 1. The zero-order chi connectivity index (χ0) is 20.1. The van der Waals surface area contributed by atoms with Crippen LogP contribution >= 0.6 is 11.6 Å². The Balaban J connectivity index is 1.34. The predicted octanol–water partition coefficient (Wildman–Crippen LogP) is 4.50. The van der Waals surface area contributed by atoms with Crippen molar-refractivity contribution < 1.29 is 9.21 Å². The molecule has 2 aliphatic rings. The molecule has 0 bridgehead atoms. The van der Waals surface area contributed by atoms with Gasteiger partial charge in [0.05, 0.1) is 18.7 Å². The van der Waals surface area contributed by atoms with Crippen molar-refractivity contribution in [1.29, 1.82) is 0 Å². The zero-order valence-electron chi connectivity index (χ0n) is 17.0. The number of nitrogens with zero attached hydrogens (tertiary/aromatic N) is 3. The Morgan fingerprint density at radius 3 is 2.76 bits per heavy atom. The Hall–Kier alpha value is -1.85. The van der Waals surface area contributed by atoms with Crippen LogP contribution in [0.4, 0.5) is 0 Å². The first-order chi connectivity index (χ1) is 14.2. The van der Waals surface area contributed by atoms with E-state index in [1.165, 1.54) is 25.7 Å². The number of hydrogen-bond acceptors (Lipinski definition) is 4. The number of likely N-dealkylation sites (tertiary alicyclic amines) is 2. The zero-order valence-corrected chi connectivity index (χ0v) is 17.7. The van der Waals surface area contributed by atoms with Crippen molar-refractivity contribution in [3.05, 3.63) is 52.7 Å². The van der Waals surface area contributed by atoms with Crippen LogP contribution in [0.3, 0.4) is 0 Å². The second kappa shape index (κ2) is 9.77. The molecule has 0 radical (unpaired) electrons. The van der Waals surface area contributed by atoms with Crippen LogP contribution in [0.2, 0.25) is 5.02 Å². The van der Waals surface area contributed by atoms with Gasteiger partial charge in [0, 0.05) is 24.5 Å². The molecule has 156 valence electrons. The summed E-state index contributed by atoms with van der Waals surface area (Å²) in [6, 6.07) is 7.81. The van der Waals surface area contributed by atoms with Crippen LogP contribution in [0.1, 0.15) is 61.7 Å². The van der Waals surface area contributed by atoms with Crippen molar-refractivity contribution in [2.24, 2.45) is 0 Å². The van der Waals surface area contributed by atoms with Crippen molar-refractivity contribution in [1.82, 2.24) is 14.8 Å². The quantitative estimate of drug-likeness (QED) is 0.721. The minimum atomic E-state index is 0.185. The van der Waals surface area contributed by atoms with Gasteiger partial charge in [-0.1, -0.05) is 36.6 Å². The summed E-state index contributed by atoms with van der Waals surface area (Å²) in [4.78, 5) is 21.7. The van der Waals surface area contributed by atoms with Gasteiger partial charge in [-0.3, -0.25) is 9.69 Å². The number of halogens is 1. The summed E-state index contributed by atoms with van der Waals surface area (Å²) in [6.07, 6.45) is 9.51. The molecule has 3 heterocycles. The Morgan fingerprint density at radius 2 is 1.97 bits per heavy atom. The second-order valence-corrected chi connectivity index (χ2v) is 8.78. The third kappa shape index (κ3) is 5.61. The summed E-state index contributed by atoms with van der Waals surface area (Å²) in [5.41, 5.74) is 1.11. The summed E-state index contributed by atoms with van der Waals surface area (Å²) in [5.74, 6) is 2.04. The highest BCUT2D eigenvalue weighted by molar-refractivity contribution is 6.30. The lowest BCUT2D eigenvalue weighted by molar-refractivity contribution is -0.133. The molecule has 29 heavy (non-hydrogen) atoms. The minimum Gasteiger partial charge on any atom is -0.445 e. The SMILES string of the molecule is O=C(CN1CCCCCC1)N1CCC[C@@H](c2ncc(Cc3cccc(Cl)c3)o2)C1. The van der Waals surface area contributed by atoms with Gasteiger partial charge < -0.3 is 9.32 Å². The van der Waals surface area contributed by atoms with E-state index in [-0.39, 0.29) is 11.8 Å². The van der Waals surface area contributed by atoms with Gasteiger partial charge in [0.2, 0.25) is 5.91 Å². The van der Waals surface area contributed by atoms with E-state index in [1.54, 1.807) is 0 Å². The van der Waals surface area contributed by atoms with Crippen molar-refractivity contribution in [2.75, 3.05) is 32.7 Å². The van der Waals surface area contributed by atoms with E-state index >= 15 is 0 Å². The van der Waals surface area contributed by atoms with E-state index in [1.807, 2.05) is 35.4 Å². The van der Waals surface area contributed by atoms with Crippen LogP contribution in [0.5, 0.6) is 0 Å². The molecule has 0 saturated carbocycles. The average molecular weight is 416 g/mol. The molecule has 2 aliphatic heterocycles. The van der Waals surface area contributed by atoms with Gasteiger partial charge in [0.1, 0.15) is 5.76 Å². The summed E-state index contributed by atoms with van der Waals surface area (Å²) in [7, 11) is 0. The van der Waals surface area contributed by atoms with Crippen molar-refractivity contribution >= 4 is 17.5 Å². The molecule has 6 heteroatoms. The molecule has 1 aromatic heterocycles. The van der Waals surface area contributed by atoms with Gasteiger partial charge >= 0.3 is 0 Å². The molecule has 1 amide bonds. The number of piperidine rings is 1. The number of amides is 1. The number of carbonyl (C=O) groups is 1. The Bertz CT molecular complexity index is 814. The first kappa shape index (κ1) is 20.4. The van der Waals surface area contributed by atoms with Crippen LogP contribution in [0.15, 0.2) is 34.9 Å². The molecule has 2 aromatic rings. The van der Waals surface area contributed by atoms with Crippen LogP contribution < -0.4 is 0 Å². The summed E-state index contributed by atoms with van der Waals surface area (Å²) >= 11 is 6.08. The molecule has 2 fully saturated rings. The van der Waals surface area contributed by atoms with Crippen molar-refractivity contribution in [3.8, 4) is 0 Å². The number of carbonyl (C=O) groups excluding carboxylic acids is 1. The van der Waals surface area contributed by atoms with Crippen molar-refractivity contribution in [3.63, 3.8) is 0 Å². The Labute approximate surface area is 178 Å². The number of rotatable bonds is 5. The smallest absolute Gasteiger partial charge is 0.236 e. The fraction of sp³-hybridized carbons (Fsp3) is 0.565. The maximum atomic E-state index is 12.9. The third-order valence-corrected chi connectivity index (χ3v) is 6.25. The molecule has 0 N–H and O–H groups in total. The van der Waals surface area contributed by atoms with Gasteiger partial charge in [-0.05, 0) is 56.5 Å². The lowest BCUT2D eigenvalue weighted by Crippen LogP contribution is -2.44. The van der Waals surface area contributed by atoms with E-state index in [2.05, 4.69) is 9.88 Å². The molecule has 1 atom stereocenters. The Kier molecular flexibility index (Phi) is 6.88. The predicted molar refractivity (Wildman–Crippen MR) is 114 cm³/mol. The van der Waals surface area contributed by atoms with E-state index < -0.39 is 0 Å². The fourth-order valence-corrected chi connectivity index (χ4v) is 4.64. The van der Waals surface area contributed by atoms with Crippen LogP contribution in [0, 0.1) is 0 Å². The molecule has 0 spiro atoms. The van der Waals surface area contributed by atoms with Gasteiger partial charge in [-0.15, -0.1) is 0 Å². The highest BCUT2D eigenvalue weighted by Gasteiger charge is 2.28. The lowest BCUT2D eigenvalue weighted by Gasteiger charge is -2.33. The normalized spacial score (nSPS) is 21.1. The maximum absolute atomic E-state index is 12.9. The van der Waals surface area contributed by atoms with Crippen molar-refractivity contribution in [2.45, 2.75) is 50.9 Å².